The van der Waals surface area contributed by atoms with Crippen molar-refractivity contribution in [3.05, 3.63) is 28.3 Å². The number of hydrogen-bond donors (Lipinski definition) is 1. The van der Waals surface area contributed by atoms with Crippen molar-refractivity contribution in [3.8, 4) is 0 Å². The third-order valence-corrected chi connectivity index (χ3v) is 2.10. The van der Waals surface area contributed by atoms with Crippen molar-refractivity contribution in [2.45, 2.75) is 0 Å². The summed E-state index contributed by atoms with van der Waals surface area (Å²) in [5.41, 5.74) is 1.09. The monoisotopic (exact) mass is 206 g/mol. The maximum absolute atomic E-state index is 10.7. The van der Waals surface area contributed by atoms with Crippen LogP contribution in [-0.2, 0) is 0 Å². The van der Waals surface area contributed by atoms with E-state index in [0.717, 1.165) is 0 Å². The predicted molar refractivity (Wildman–Crippen MR) is 57.1 cm³/mol. The molecule has 78 valence electrons. The Balaban J connectivity index is 2.70. The minimum Gasteiger partial charge on any atom is -0.349 e. The van der Waals surface area contributed by atoms with Crippen molar-refractivity contribution in [2.75, 3.05) is 19.0 Å². The molecule has 0 fully saturated rings. The molecule has 0 spiro atoms. The molecule has 0 aliphatic rings. The van der Waals surface area contributed by atoms with E-state index in [1.54, 1.807) is 17.0 Å². The Morgan fingerprint density at radius 3 is 2.80 bits per heavy atom. The van der Waals surface area contributed by atoms with Gasteiger partial charge >= 0.3 is 0 Å². The molecule has 0 atom stereocenters. The van der Waals surface area contributed by atoms with Gasteiger partial charge in [-0.3, -0.25) is 10.1 Å². The summed E-state index contributed by atoms with van der Waals surface area (Å²) in [6.07, 6.45) is 0. The summed E-state index contributed by atoms with van der Waals surface area (Å²) in [6, 6.07) is 4.85. The van der Waals surface area contributed by atoms with Crippen LogP contribution in [0.25, 0.3) is 11.0 Å². The van der Waals surface area contributed by atoms with E-state index < -0.39 is 4.92 Å². The van der Waals surface area contributed by atoms with Gasteiger partial charge in [-0.05, 0) is 6.07 Å². The molecular formula is C9H10N4O2. The highest BCUT2D eigenvalue weighted by Crippen LogP contribution is 2.25. The number of H-pyrrole nitrogens is 1. The van der Waals surface area contributed by atoms with Crippen LogP contribution < -0.4 is 4.90 Å². The van der Waals surface area contributed by atoms with Crippen molar-refractivity contribution in [1.29, 1.82) is 0 Å². The maximum atomic E-state index is 10.7. The Morgan fingerprint density at radius 1 is 1.47 bits per heavy atom. The number of non-ortho nitro benzene ring substituents is 1. The SMILES string of the molecule is CN(C)c1nc2c([N+](=O)[O-])cccc2[nH]1. The van der Waals surface area contributed by atoms with E-state index >= 15 is 0 Å². The lowest BCUT2D eigenvalue weighted by atomic mass is 10.3. The Kier molecular flexibility index (Phi) is 2.03. The number of para-hydroxylation sites is 1. The smallest absolute Gasteiger partial charge is 0.297 e. The Hall–Kier alpha value is -2.11. The van der Waals surface area contributed by atoms with Crippen molar-refractivity contribution in [2.24, 2.45) is 0 Å². The van der Waals surface area contributed by atoms with Gasteiger partial charge in [0.05, 0.1) is 10.4 Å². The van der Waals surface area contributed by atoms with Gasteiger partial charge < -0.3 is 9.88 Å². The van der Waals surface area contributed by atoms with Crippen molar-refractivity contribution in [1.82, 2.24) is 9.97 Å². The number of nitrogens with zero attached hydrogens (tertiary/aromatic N) is 3. The molecule has 1 aromatic heterocycles. The van der Waals surface area contributed by atoms with Crippen molar-refractivity contribution in [3.63, 3.8) is 0 Å². The molecule has 0 aliphatic carbocycles. The van der Waals surface area contributed by atoms with Gasteiger partial charge in [0, 0.05) is 20.2 Å². The third kappa shape index (κ3) is 1.50. The lowest BCUT2D eigenvalue weighted by molar-refractivity contribution is -0.383. The van der Waals surface area contributed by atoms with Crippen molar-refractivity contribution >= 4 is 22.7 Å². The molecule has 1 aromatic carbocycles. The van der Waals surface area contributed by atoms with Crippen LogP contribution in [-0.4, -0.2) is 29.0 Å². The number of nitro benzene ring substituents is 1. The van der Waals surface area contributed by atoms with Crippen molar-refractivity contribution < 1.29 is 4.92 Å². The van der Waals surface area contributed by atoms with E-state index in [9.17, 15) is 10.1 Å². The van der Waals surface area contributed by atoms with E-state index in [1.807, 2.05) is 14.1 Å². The van der Waals surface area contributed by atoms with Gasteiger partial charge in [-0.25, -0.2) is 4.98 Å². The second-order valence-corrected chi connectivity index (χ2v) is 3.39. The molecule has 0 radical (unpaired) electrons. The molecule has 2 rings (SSSR count). The summed E-state index contributed by atoms with van der Waals surface area (Å²) in [7, 11) is 3.65. The largest absolute Gasteiger partial charge is 0.349 e. The molecule has 0 saturated carbocycles. The van der Waals surface area contributed by atoms with Gasteiger partial charge in [-0.1, -0.05) is 6.07 Å². The fraction of sp³-hybridized carbons (Fsp3) is 0.222. The first-order chi connectivity index (χ1) is 7.09. The summed E-state index contributed by atoms with van der Waals surface area (Å²) < 4.78 is 0. The first kappa shape index (κ1) is 9.45. The summed E-state index contributed by atoms with van der Waals surface area (Å²) in [5, 5.41) is 10.7. The van der Waals surface area contributed by atoms with Gasteiger partial charge in [0.15, 0.2) is 5.52 Å². The highest BCUT2D eigenvalue weighted by atomic mass is 16.6. The highest BCUT2D eigenvalue weighted by molar-refractivity contribution is 5.86. The zero-order valence-corrected chi connectivity index (χ0v) is 8.39. The Bertz CT molecular complexity index is 518. The fourth-order valence-corrected chi connectivity index (χ4v) is 1.36. The first-order valence-corrected chi connectivity index (χ1v) is 4.40. The normalized spacial score (nSPS) is 10.5. The molecule has 6 nitrogen and oxygen atoms in total. The molecule has 2 aromatic rings. The number of fused-ring (bicyclic) bond motifs is 1. The lowest BCUT2D eigenvalue weighted by Crippen LogP contribution is -2.09. The van der Waals surface area contributed by atoms with Crippen LogP contribution in [0.5, 0.6) is 0 Å². The van der Waals surface area contributed by atoms with Gasteiger partial charge in [-0.15, -0.1) is 0 Å². The highest BCUT2D eigenvalue weighted by Gasteiger charge is 2.15. The number of rotatable bonds is 2. The number of nitrogens with one attached hydrogen (secondary N) is 1. The zero-order chi connectivity index (χ0) is 11.0. The zero-order valence-electron chi connectivity index (χ0n) is 8.39. The molecule has 0 saturated heterocycles. The lowest BCUT2D eigenvalue weighted by Gasteiger charge is -2.05. The second-order valence-electron chi connectivity index (χ2n) is 3.39. The van der Waals surface area contributed by atoms with Gasteiger partial charge in [0.2, 0.25) is 5.95 Å². The summed E-state index contributed by atoms with van der Waals surface area (Å²) >= 11 is 0. The number of nitro groups is 1. The quantitative estimate of drug-likeness (QED) is 0.597. The second kappa shape index (κ2) is 3.23. The maximum Gasteiger partial charge on any atom is 0.297 e. The molecule has 1 N–H and O–H groups in total. The summed E-state index contributed by atoms with van der Waals surface area (Å²) in [5.74, 6) is 0.610. The molecule has 0 aliphatic heterocycles. The first-order valence-electron chi connectivity index (χ1n) is 4.40. The van der Waals surface area contributed by atoms with E-state index in [1.165, 1.54) is 6.07 Å². The van der Waals surface area contributed by atoms with Crippen LogP contribution in [0, 0.1) is 10.1 Å². The molecule has 0 bridgehead atoms. The summed E-state index contributed by atoms with van der Waals surface area (Å²) in [6.45, 7) is 0. The third-order valence-electron chi connectivity index (χ3n) is 2.10. The number of imidazole rings is 1. The minimum atomic E-state index is -0.428. The number of benzene rings is 1. The predicted octanol–water partition coefficient (Wildman–Crippen LogP) is 1.54. The molecule has 0 amide bonds. The van der Waals surface area contributed by atoms with E-state index in [4.69, 9.17) is 0 Å². The molecule has 15 heavy (non-hydrogen) atoms. The van der Waals surface area contributed by atoms with Crippen LogP contribution in [0.3, 0.4) is 0 Å². The van der Waals surface area contributed by atoms with Gasteiger partial charge in [0.1, 0.15) is 0 Å². The van der Waals surface area contributed by atoms with Crippen LogP contribution in [0.2, 0.25) is 0 Å². The summed E-state index contributed by atoms with van der Waals surface area (Å²) in [4.78, 5) is 19.2. The molecule has 1 heterocycles. The Labute approximate surface area is 85.7 Å². The standard InChI is InChI=1S/C9H10N4O2/c1-12(2)9-10-6-4-3-5-7(13(14)15)8(6)11-9/h3-5H,1-2H3,(H,10,11). The van der Waals surface area contributed by atoms with Gasteiger partial charge in [0.25, 0.3) is 5.69 Å². The Morgan fingerprint density at radius 2 is 2.20 bits per heavy atom. The van der Waals surface area contributed by atoms with E-state index in [2.05, 4.69) is 9.97 Å². The van der Waals surface area contributed by atoms with Crippen LogP contribution in [0.4, 0.5) is 11.6 Å². The van der Waals surface area contributed by atoms with Gasteiger partial charge in [-0.2, -0.15) is 0 Å². The fourth-order valence-electron chi connectivity index (χ4n) is 1.36. The minimum absolute atomic E-state index is 0.0249. The average molecular weight is 206 g/mol. The number of aromatic nitrogens is 2. The van der Waals surface area contributed by atoms with E-state index in [-0.39, 0.29) is 5.69 Å². The van der Waals surface area contributed by atoms with Crippen LogP contribution >= 0.6 is 0 Å². The van der Waals surface area contributed by atoms with E-state index in [0.29, 0.717) is 17.0 Å². The topological polar surface area (TPSA) is 75.1 Å². The molecule has 0 unspecified atom stereocenters. The number of hydrogen-bond acceptors (Lipinski definition) is 4. The van der Waals surface area contributed by atoms with Crippen LogP contribution in [0.1, 0.15) is 0 Å². The average Bonchev–Trinajstić information content (AvgIpc) is 2.60. The number of anilines is 1. The molecule has 6 heteroatoms. The van der Waals surface area contributed by atoms with Crippen LogP contribution in [0.15, 0.2) is 18.2 Å². The molecular weight excluding hydrogens is 196 g/mol. The number of aromatic amines is 1.